The molecule has 3 nitrogen and oxygen atoms in total. The summed E-state index contributed by atoms with van der Waals surface area (Å²) in [4.78, 5) is 14.0. The summed E-state index contributed by atoms with van der Waals surface area (Å²) in [5.41, 5.74) is 2.19. The third kappa shape index (κ3) is 3.47. The van der Waals surface area contributed by atoms with E-state index in [1.807, 2.05) is 31.3 Å². The minimum absolute atomic E-state index is 0. The Morgan fingerprint density at radius 1 is 1.33 bits per heavy atom. The first-order chi connectivity index (χ1) is 8.18. The van der Waals surface area contributed by atoms with Crippen molar-refractivity contribution in [3.8, 4) is 0 Å². The van der Waals surface area contributed by atoms with Gasteiger partial charge < -0.3 is 10.2 Å². The van der Waals surface area contributed by atoms with Crippen molar-refractivity contribution in [1.29, 1.82) is 0 Å². The molecule has 1 fully saturated rings. The Hall–Kier alpha value is -1.06. The number of piperidine rings is 1. The fourth-order valence-corrected chi connectivity index (χ4v) is 2.23. The van der Waals surface area contributed by atoms with E-state index in [1.165, 1.54) is 5.56 Å². The van der Waals surface area contributed by atoms with E-state index in [9.17, 15) is 4.79 Å². The molecule has 0 aromatic heterocycles. The Balaban J connectivity index is 0.00000162. The molecule has 1 atom stereocenters. The van der Waals surface area contributed by atoms with Crippen LogP contribution in [0.5, 0.6) is 0 Å². The molecule has 1 aliphatic rings. The van der Waals surface area contributed by atoms with Crippen LogP contribution in [-0.2, 0) is 4.79 Å². The van der Waals surface area contributed by atoms with Gasteiger partial charge in [0.15, 0.2) is 0 Å². The van der Waals surface area contributed by atoms with Gasteiger partial charge >= 0.3 is 0 Å². The van der Waals surface area contributed by atoms with E-state index >= 15 is 0 Å². The molecular weight excluding hydrogens is 248 g/mol. The zero-order chi connectivity index (χ0) is 12.3. The van der Waals surface area contributed by atoms with Crippen LogP contribution in [0.15, 0.2) is 24.3 Å². The van der Waals surface area contributed by atoms with E-state index in [4.69, 9.17) is 0 Å². The van der Waals surface area contributed by atoms with E-state index in [2.05, 4.69) is 12.2 Å². The van der Waals surface area contributed by atoms with E-state index in [1.54, 1.807) is 4.90 Å². The van der Waals surface area contributed by atoms with Gasteiger partial charge in [-0.1, -0.05) is 17.7 Å². The predicted molar refractivity (Wildman–Crippen MR) is 77.4 cm³/mol. The number of anilines is 1. The largest absolute Gasteiger partial charge is 0.316 e. The van der Waals surface area contributed by atoms with Gasteiger partial charge in [0.1, 0.15) is 0 Å². The van der Waals surface area contributed by atoms with Crippen molar-refractivity contribution >= 4 is 24.0 Å². The Kier molecular flexibility index (Phi) is 5.63. The highest BCUT2D eigenvalue weighted by molar-refractivity contribution is 5.94. The third-order valence-corrected chi connectivity index (χ3v) is 3.40. The lowest BCUT2D eigenvalue weighted by Gasteiger charge is -2.27. The highest BCUT2D eigenvalue weighted by atomic mass is 35.5. The van der Waals surface area contributed by atoms with E-state index in [0.29, 0.717) is 0 Å². The Labute approximate surface area is 115 Å². The molecule has 0 bridgehead atoms. The highest BCUT2D eigenvalue weighted by Gasteiger charge is 2.24. The molecule has 18 heavy (non-hydrogen) atoms. The number of carbonyl (C=O) groups is 1. The van der Waals surface area contributed by atoms with E-state index < -0.39 is 0 Å². The summed E-state index contributed by atoms with van der Waals surface area (Å²) in [7, 11) is 1.86. The molecule has 0 saturated carbocycles. The molecule has 1 N–H and O–H groups in total. The number of halogens is 1. The summed E-state index contributed by atoms with van der Waals surface area (Å²) in [6.45, 7) is 3.91. The van der Waals surface area contributed by atoms with E-state index in [0.717, 1.165) is 31.6 Å². The lowest BCUT2D eigenvalue weighted by molar-refractivity contribution is -0.122. The number of hydrogen-bond acceptors (Lipinski definition) is 2. The number of nitrogens with one attached hydrogen (secondary N) is 1. The van der Waals surface area contributed by atoms with Crippen LogP contribution in [0, 0.1) is 12.8 Å². The predicted octanol–water partition coefficient (Wildman–Crippen LogP) is 2.38. The molecule has 100 valence electrons. The van der Waals surface area contributed by atoms with Crippen LogP contribution >= 0.6 is 12.4 Å². The summed E-state index contributed by atoms with van der Waals surface area (Å²) in [5.74, 6) is 0.358. The first kappa shape index (κ1) is 15.0. The van der Waals surface area contributed by atoms with Gasteiger partial charge in [-0.3, -0.25) is 4.79 Å². The van der Waals surface area contributed by atoms with Gasteiger partial charge in [-0.25, -0.2) is 0 Å². The maximum atomic E-state index is 12.3. The number of nitrogens with zero attached hydrogens (tertiary/aromatic N) is 1. The number of amides is 1. The summed E-state index contributed by atoms with van der Waals surface area (Å²) in [6.07, 6.45) is 2.10. The summed E-state index contributed by atoms with van der Waals surface area (Å²) in [5, 5.41) is 3.28. The number of hydrogen-bond donors (Lipinski definition) is 1. The molecule has 1 aromatic carbocycles. The number of benzene rings is 1. The van der Waals surface area contributed by atoms with Gasteiger partial charge in [-0.2, -0.15) is 0 Å². The van der Waals surface area contributed by atoms with Crippen LogP contribution in [0.1, 0.15) is 18.4 Å². The lowest BCUT2D eigenvalue weighted by Crippen LogP contribution is -2.41. The molecule has 4 heteroatoms. The number of carbonyl (C=O) groups excluding carboxylic acids is 1. The Morgan fingerprint density at radius 3 is 2.56 bits per heavy atom. The maximum Gasteiger partial charge on any atom is 0.231 e. The van der Waals surface area contributed by atoms with Gasteiger partial charge in [0.05, 0.1) is 5.92 Å². The molecule has 1 aliphatic heterocycles. The SMILES string of the molecule is Cc1ccc(N(C)C(=O)C2CCCNC2)cc1.Cl. The Morgan fingerprint density at radius 2 is 2.00 bits per heavy atom. The molecule has 1 unspecified atom stereocenters. The minimum Gasteiger partial charge on any atom is -0.316 e. The zero-order valence-electron chi connectivity index (χ0n) is 11.0. The summed E-state index contributed by atoms with van der Waals surface area (Å²) in [6, 6.07) is 8.09. The molecule has 1 heterocycles. The number of aryl methyl sites for hydroxylation is 1. The van der Waals surface area contributed by atoms with Crippen LogP contribution < -0.4 is 10.2 Å². The fraction of sp³-hybridized carbons (Fsp3) is 0.500. The van der Waals surface area contributed by atoms with Crippen molar-refractivity contribution in [2.24, 2.45) is 5.92 Å². The molecule has 1 aromatic rings. The average Bonchev–Trinajstić information content (AvgIpc) is 2.39. The Bertz CT molecular complexity index is 385. The maximum absolute atomic E-state index is 12.3. The van der Waals surface area contributed by atoms with Crippen molar-refractivity contribution in [1.82, 2.24) is 5.32 Å². The van der Waals surface area contributed by atoms with Crippen LogP contribution in [0.2, 0.25) is 0 Å². The lowest BCUT2D eigenvalue weighted by atomic mass is 9.98. The molecule has 0 spiro atoms. The number of rotatable bonds is 2. The highest BCUT2D eigenvalue weighted by Crippen LogP contribution is 2.19. The van der Waals surface area contributed by atoms with Gasteiger partial charge in [0, 0.05) is 19.3 Å². The summed E-state index contributed by atoms with van der Waals surface area (Å²) >= 11 is 0. The zero-order valence-corrected chi connectivity index (χ0v) is 11.8. The third-order valence-electron chi connectivity index (χ3n) is 3.40. The monoisotopic (exact) mass is 268 g/mol. The molecule has 1 amide bonds. The van der Waals surface area contributed by atoms with Crippen molar-refractivity contribution < 1.29 is 4.79 Å². The van der Waals surface area contributed by atoms with Gasteiger partial charge in [-0.15, -0.1) is 12.4 Å². The van der Waals surface area contributed by atoms with Crippen molar-refractivity contribution in [2.75, 3.05) is 25.0 Å². The van der Waals surface area contributed by atoms with Crippen molar-refractivity contribution in [2.45, 2.75) is 19.8 Å². The average molecular weight is 269 g/mol. The smallest absolute Gasteiger partial charge is 0.231 e. The molecule has 0 radical (unpaired) electrons. The van der Waals surface area contributed by atoms with Gasteiger partial charge in [0.25, 0.3) is 0 Å². The molecule has 0 aliphatic carbocycles. The summed E-state index contributed by atoms with van der Waals surface area (Å²) < 4.78 is 0. The van der Waals surface area contributed by atoms with Crippen LogP contribution in [-0.4, -0.2) is 26.0 Å². The molecule has 2 rings (SSSR count). The van der Waals surface area contributed by atoms with E-state index in [-0.39, 0.29) is 24.2 Å². The standard InChI is InChI=1S/C14H20N2O.ClH/c1-11-5-7-13(8-6-11)16(2)14(17)12-4-3-9-15-10-12;/h5-8,12,15H,3-4,9-10H2,1-2H3;1H. The van der Waals surface area contributed by atoms with Crippen LogP contribution in [0.25, 0.3) is 0 Å². The van der Waals surface area contributed by atoms with Gasteiger partial charge in [0.2, 0.25) is 5.91 Å². The van der Waals surface area contributed by atoms with Gasteiger partial charge in [-0.05, 0) is 38.4 Å². The minimum atomic E-state index is 0. The van der Waals surface area contributed by atoms with Crippen LogP contribution in [0.3, 0.4) is 0 Å². The van der Waals surface area contributed by atoms with Crippen LogP contribution in [0.4, 0.5) is 5.69 Å². The second kappa shape index (κ2) is 6.76. The normalized spacial score (nSPS) is 18.9. The molecule has 1 saturated heterocycles. The second-order valence-corrected chi connectivity index (χ2v) is 4.78. The molecular formula is C14H21ClN2O. The first-order valence-electron chi connectivity index (χ1n) is 6.23. The second-order valence-electron chi connectivity index (χ2n) is 4.78. The first-order valence-corrected chi connectivity index (χ1v) is 6.23. The fourth-order valence-electron chi connectivity index (χ4n) is 2.23. The quantitative estimate of drug-likeness (QED) is 0.893. The van der Waals surface area contributed by atoms with Crippen molar-refractivity contribution in [3.63, 3.8) is 0 Å². The van der Waals surface area contributed by atoms with Crippen molar-refractivity contribution in [3.05, 3.63) is 29.8 Å². The topological polar surface area (TPSA) is 32.3 Å².